The summed E-state index contributed by atoms with van der Waals surface area (Å²) >= 11 is 0. The molecule has 0 rings (SSSR count). The lowest BCUT2D eigenvalue weighted by Gasteiger charge is -2.22. The zero-order valence-electron chi connectivity index (χ0n) is 31.2. The minimum absolute atomic E-state index is 0.0692. The van der Waals surface area contributed by atoms with Crippen molar-refractivity contribution in [3.63, 3.8) is 0 Å². The van der Waals surface area contributed by atoms with Gasteiger partial charge in [-0.25, -0.2) is 0 Å². The molecule has 1 amide bonds. The van der Waals surface area contributed by atoms with Crippen molar-refractivity contribution in [1.29, 1.82) is 0 Å². The zero-order chi connectivity index (χ0) is 35.0. The molecule has 274 valence electrons. The predicted octanol–water partition coefficient (Wildman–Crippen LogP) is 12.1. The van der Waals surface area contributed by atoms with Crippen molar-refractivity contribution in [2.75, 3.05) is 6.61 Å². The number of amides is 1. The topological polar surface area (TPSA) is 69.6 Å². The van der Waals surface area contributed by atoms with Crippen LogP contribution in [-0.2, 0) is 4.79 Å². The number of carbonyl (C=O) groups excluding carboxylic acids is 1. The third kappa shape index (κ3) is 34.9. The summed E-state index contributed by atoms with van der Waals surface area (Å²) in [4.78, 5) is 12.3. The lowest BCUT2D eigenvalue weighted by Crippen LogP contribution is -2.45. The van der Waals surface area contributed by atoms with Gasteiger partial charge in [0.1, 0.15) is 0 Å². The smallest absolute Gasteiger partial charge is 0.220 e. The fourth-order valence-electron chi connectivity index (χ4n) is 5.40. The van der Waals surface area contributed by atoms with Crippen molar-refractivity contribution < 1.29 is 15.0 Å². The number of aliphatic hydroxyl groups is 2. The first-order chi connectivity index (χ1) is 23.7. The van der Waals surface area contributed by atoms with Gasteiger partial charge in [-0.2, -0.15) is 0 Å². The van der Waals surface area contributed by atoms with Gasteiger partial charge in [-0.3, -0.25) is 4.79 Å². The molecule has 0 saturated carbocycles. The van der Waals surface area contributed by atoms with E-state index in [0.29, 0.717) is 12.8 Å². The second-order valence-corrected chi connectivity index (χ2v) is 13.0. The Kier molecular flexibility index (Phi) is 37.0. The number of allylic oxidation sites excluding steroid dienone is 14. The van der Waals surface area contributed by atoms with E-state index in [1.54, 1.807) is 0 Å². The van der Waals surface area contributed by atoms with Crippen molar-refractivity contribution in [2.45, 2.75) is 180 Å². The molecule has 0 heterocycles. The van der Waals surface area contributed by atoms with Crippen molar-refractivity contribution in [2.24, 2.45) is 0 Å². The summed E-state index contributed by atoms with van der Waals surface area (Å²) in [6.45, 7) is 4.20. The maximum absolute atomic E-state index is 12.3. The van der Waals surface area contributed by atoms with Crippen LogP contribution in [0.2, 0.25) is 0 Å². The minimum Gasteiger partial charge on any atom is -0.394 e. The molecule has 0 radical (unpaired) electrons. The number of aliphatic hydroxyl groups excluding tert-OH is 2. The minimum atomic E-state index is -0.677. The van der Waals surface area contributed by atoms with E-state index in [4.69, 9.17) is 0 Å². The maximum atomic E-state index is 12.3. The molecule has 0 saturated heterocycles. The highest BCUT2D eigenvalue weighted by atomic mass is 16.3. The van der Waals surface area contributed by atoms with E-state index >= 15 is 0 Å². The van der Waals surface area contributed by atoms with E-state index in [1.165, 1.54) is 57.8 Å². The molecule has 2 unspecified atom stereocenters. The van der Waals surface area contributed by atoms with Crippen molar-refractivity contribution in [3.05, 3.63) is 85.1 Å². The van der Waals surface area contributed by atoms with Crippen LogP contribution in [-0.4, -0.2) is 34.9 Å². The molecule has 0 aliphatic rings. The fourth-order valence-corrected chi connectivity index (χ4v) is 5.40. The number of carbonyl (C=O) groups is 1. The molecular weight excluding hydrogens is 590 g/mol. The Morgan fingerprint density at radius 1 is 0.521 bits per heavy atom. The summed E-state index contributed by atoms with van der Waals surface area (Å²) in [5.41, 5.74) is 0. The highest BCUT2D eigenvalue weighted by molar-refractivity contribution is 5.76. The molecule has 4 nitrogen and oxygen atoms in total. The van der Waals surface area contributed by atoms with Gasteiger partial charge in [-0.05, 0) is 70.6 Å². The van der Waals surface area contributed by atoms with E-state index in [2.05, 4.69) is 104 Å². The lowest BCUT2D eigenvalue weighted by atomic mass is 10.0. The fraction of sp³-hybridized carbons (Fsp3) is 0.659. The van der Waals surface area contributed by atoms with E-state index in [-0.39, 0.29) is 12.5 Å². The van der Waals surface area contributed by atoms with E-state index in [1.807, 2.05) is 0 Å². The highest BCUT2D eigenvalue weighted by Gasteiger charge is 2.19. The second-order valence-electron chi connectivity index (χ2n) is 13.0. The molecule has 0 fully saturated rings. The third-order valence-electron chi connectivity index (χ3n) is 8.42. The molecule has 3 N–H and O–H groups in total. The Morgan fingerprint density at radius 3 is 1.35 bits per heavy atom. The summed E-state index contributed by atoms with van der Waals surface area (Å²) in [5, 5.41) is 23.0. The molecule has 0 aromatic carbocycles. The van der Waals surface area contributed by atoms with Gasteiger partial charge < -0.3 is 15.5 Å². The average Bonchev–Trinajstić information content (AvgIpc) is 3.09. The predicted molar refractivity (Wildman–Crippen MR) is 211 cm³/mol. The van der Waals surface area contributed by atoms with Crippen LogP contribution in [0.1, 0.15) is 168 Å². The van der Waals surface area contributed by atoms with Crippen molar-refractivity contribution in [1.82, 2.24) is 5.32 Å². The van der Waals surface area contributed by atoms with Gasteiger partial charge in [0.05, 0.1) is 18.8 Å². The second kappa shape index (κ2) is 39.0. The molecule has 0 aliphatic carbocycles. The molecule has 2 atom stereocenters. The summed E-state index contributed by atoms with van der Waals surface area (Å²) in [6.07, 6.45) is 56.4. The SMILES string of the molecule is CC/C=C\C/C=C\C/C=C\C/C=C\C/C=C\C/C=C\C/C=C\CCCCCC(=O)NC(CO)C(O)CCCCCCCCCCCCC. The summed E-state index contributed by atoms with van der Waals surface area (Å²) in [5.74, 6) is -0.0692. The van der Waals surface area contributed by atoms with Gasteiger partial charge in [0, 0.05) is 6.42 Å². The van der Waals surface area contributed by atoms with Crippen LogP contribution in [0.25, 0.3) is 0 Å². The van der Waals surface area contributed by atoms with Crippen LogP contribution < -0.4 is 5.32 Å². The van der Waals surface area contributed by atoms with Gasteiger partial charge in [0.2, 0.25) is 5.91 Å². The van der Waals surface area contributed by atoms with Crippen LogP contribution >= 0.6 is 0 Å². The Labute approximate surface area is 297 Å². The third-order valence-corrected chi connectivity index (χ3v) is 8.42. The number of hydrogen-bond acceptors (Lipinski definition) is 3. The van der Waals surface area contributed by atoms with Gasteiger partial charge >= 0.3 is 0 Å². The van der Waals surface area contributed by atoms with E-state index < -0.39 is 12.1 Å². The molecule has 0 aromatic heterocycles. The molecule has 48 heavy (non-hydrogen) atoms. The highest BCUT2D eigenvalue weighted by Crippen LogP contribution is 2.14. The molecule has 4 heteroatoms. The van der Waals surface area contributed by atoms with Crippen LogP contribution in [0.15, 0.2) is 85.1 Å². The first kappa shape index (κ1) is 45.6. The quantitative estimate of drug-likeness (QED) is 0.0473. The van der Waals surface area contributed by atoms with Crippen LogP contribution in [0.4, 0.5) is 0 Å². The van der Waals surface area contributed by atoms with Crippen LogP contribution in [0.5, 0.6) is 0 Å². The van der Waals surface area contributed by atoms with Crippen LogP contribution in [0.3, 0.4) is 0 Å². The summed E-state index contributed by atoms with van der Waals surface area (Å²) < 4.78 is 0. The van der Waals surface area contributed by atoms with Crippen molar-refractivity contribution in [3.8, 4) is 0 Å². The van der Waals surface area contributed by atoms with Gasteiger partial charge in [-0.1, -0.05) is 176 Å². The Balaban J connectivity index is 3.71. The van der Waals surface area contributed by atoms with Gasteiger partial charge in [0.25, 0.3) is 0 Å². The standard InChI is InChI=1S/C44H75NO3/c1-3-5-7-9-11-13-15-16-17-18-19-20-21-22-23-24-25-26-27-28-30-32-34-36-38-40-44(48)45-42(41-46)43(47)39-37-35-33-31-29-14-12-10-8-6-4-2/h5,7,11,13,16-17,19-20,22-23,25-26,28,30,42-43,46-47H,3-4,6,8-10,12,14-15,18,21,24,27,29,31-41H2,1-2H3,(H,45,48)/b7-5-,13-11-,17-16-,20-19-,23-22-,26-25-,30-28-. The zero-order valence-corrected chi connectivity index (χ0v) is 31.2. The van der Waals surface area contributed by atoms with E-state index in [9.17, 15) is 15.0 Å². The number of rotatable bonds is 34. The Bertz CT molecular complexity index is 895. The number of unbranched alkanes of at least 4 members (excludes halogenated alkanes) is 13. The first-order valence-corrected chi connectivity index (χ1v) is 19.8. The average molecular weight is 666 g/mol. The molecule has 0 bridgehead atoms. The Hall–Kier alpha value is -2.43. The molecular formula is C44H75NO3. The number of nitrogens with one attached hydrogen (secondary N) is 1. The van der Waals surface area contributed by atoms with Gasteiger partial charge in [0.15, 0.2) is 0 Å². The molecule has 0 aliphatic heterocycles. The molecule has 0 spiro atoms. The first-order valence-electron chi connectivity index (χ1n) is 19.8. The van der Waals surface area contributed by atoms with Gasteiger partial charge in [-0.15, -0.1) is 0 Å². The van der Waals surface area contributed by atoms with Crippen molar-refractivity contribution >= 4 is 5.91 Å². The summed E-state index contributed by atoms with van der Waals surface area (Å²) in [6, 6.07) is -0.558. The largest absolute Gasteiger partial charge is 0.394 e. The van der Waals surface area contributed by atoms with Crippen LogP contribution in [0, 0.1) is 0 Å². The Morgan fingerprint density at radius 2 is 0.917 bits per heavy atom. The lowest BCUT2D eigenvalue weighted by molar-refractivity contribution is -0.123. The van der Waals surface area contributed by atoms with E-state index in [0.717, 1.165) is 83.5 Å². The summed E-state index contributed by atoms with van der Waals surface area (Å²) in [7, 11) is 0. The molecule has 0 aromatic rings. The monoisotopic (exact) mass is 666 g/mol. The maximum Gasteiger partial charge on any atom is 0.220 e. The normalized spacial score (nSPS) is 14.0. The number of hydrogen-bond donors (Lipinski definition) is 3.